The third-order valence-corrected chi connectivity index (χ3v) is 0.502. The second-order valence-electron chi connectivity index (χ2n) is 3.54. The fourth-order valence-electron chi connectivity index (χ4n) is 0.205. The van der Waals surface area contributed by atoms with Crippen LogP contribution in [-0.2, 0) is 9.53 Å². The number of rotatable bonds is 3. The van der Waals surface area contributed by atoms with Crippen molar-refractivity contribution in [3.8, 4) is 0 Å². The highest BCUT2D eigenvalue weighted by atomic mass is 16.5. The summed E-state index contributed by atoms with van der Waals surface area (Å²) in [5.74, 6) is -0.501. The Morgan fingerprint density at radius 2 is 0.885 bits per heavy atom. The molecule has 26 heavy (non-hydrogen) atoms. The quantitative estimate of drug-likeness (QED) is 0.336. The third-order valence-electron chi connectivity index (χ3n) is 0.502. The van der Waals surface area contributed by atoms with E-state index in [0.29, 0.717) is 0 Å². The standard InChI is InChI=1S/C5H8O3.6C3H6/c1-2-5(7)8-4-3-6;6*1-3-2/h2,6H,1,3-4H2;6*3H,1H2,2H3. The maximum absolute atomic E-state index is 10.1. The summed E-state index contributed by atoms with van der Waals surface area (Å²) >= 11 is 0. The van der Waals surface area contributed by atoms with Crippen LogP contribution in [0.4, 0.5) is 0 Å². The molecule has 0 spiro atoms. The topological polar surface area (TPSA) is 46.5 Å². The third kappa shape index (κ3) is 704. The molecule has 0 aliphatic heterocycles. The van der Waals surface area contributed by atoms with Crippen molar-refractivity contribution >= 4 is 5.97 Å². The molecule has 0 saturated heterocycles. The first kappa shape index (κ1) is 43.7. The summed E-state index contributed by atoms with van der Waals surface area (Å²) in [6.45, 7) is 34.6. The van der Waals surface area contributed by atoms with Crippen molar-refractivity contribution in [3.05, 3.63) is 88.6 Å². The Bertz CT molecular complexity index is 243. The molecule has 3 nitrogen and oxygen atoms in total. The summed E-state index contributed by atoms with van der Waals surface area (Å²) in [5, 5.41) is 8.10. The molecule has 0 atom stereocenters. The summed E-state index contributed by atoms with van der Waals surface area (Å²) in [4.78, 5) is 10.1. The summed E-state index contributed by atoms with van der Waals surface area (Å²) in [6, 6.07) is 0. The Morgan fingerprint density at radius 1 is 0.692 bits per heavy atom. The molecule has 0 aromatic carbocycles. The normalized spacial score (nSPS) is 5.50. The molecule has 0 fully saturated rings. The summed E-state index contributed by atoms with van der Waals surface area (Å²) in [6.07, 6.45) is 11.6. The number of hydrogen-bond acceptors (Lipinski definition) is 3. The second-order valence-corrected chi connectivity index (χ2v) is 3.54. The van der Waals surface area contributed by atoms with E-state index in [2.05, 4.69) is 50.8 Å². The van der Waals surface area contributed by atoms with Crippen molar-refractivity contribution in [2.24, 2.45) is 0 Å². The first-order valence-electron chi connectivity index (χ1n) is 8.12. The van der Waals surface area contributed by atoms with E-state index < -0.39 is 5.97 Å². The lowest BCUT2D eigenvalue weighted by molar-refractivity contribution is -0.138. The van der Waals surface area contributed by atoms with E-state index in [1.807, 2.05) is 41.5 Å². The maximum atomic E-state index is 10.1. The van der Waals surface area contributed by atoms with Gasteiger partial charge in [0.2, 0.25) is 0 Å². The number of aliphatic hydroxyl groups is 1. The van der Waals surface area contributed by atoms with Crippen LogP contribution in [0.3, 0.4) is 0 Å². The van der Waals surface area contributed by atoms with Gasteiger partial charge >= 0.3 is 5.97 Å². The molecule has 0 heterocycles. The summed E-state index contributed by atoms with van der Waals surface area (Å²) in [7, 11) is 0. The Morgan fingerprint density at radius 3 is 1.00 bits per heavy atom. The number of allylic oxidation sites excluding steroid dienone is 6. The minimum Gasteiger partial charge on any atom is -0.460 e. The largest absolute Gasteiger partial charge is 0.460 e. The van der Waals surface area contributed by atoms with Gasteiger partial charge in [0.05, 0.1) is 6.61 Å². The van der Waals surface area contributed by atoms with Gasteiger partial charge in [-0.05, 0) is 41.5 Å². The average Bonchev–Trinajstić information content (AvgIpc) is 2.57. The van der Waals surface area contributed by atoms with Gasteiger partial charge in [-0.15, -0.1) is 39.5 Å². The van der Waals surface area contributed by atoms with Crippen LogP contribution in [0.5, 0.6) is 0 Å². The smallest absolute Gasteiger partial charge is 0.330 e. The van der Waals surface area contributed by atoms with Crippen LogP contribution in [0.2, 0.25) is 0 Å². The number of carbonyl (C=O) groups is 1. The molecule has 3 heteroatoms. The van der Waals surface area contributed by atoms with Crippen LogP contribution in [0.25, 0.3) is 0 Å². The predicted octanol–water partition coefficient (Wildman–Crippen LogP) is 6.86. The van der Waals surface area contributed by atoms with E-state index in [1.165, 1.54) is 0 Å². The molecule has 0 aromatic rings. The molecule has 0 unspecified atom stereocenters. The Balaban J connectivity index is -0.0000000346. The monoisotopic (exact) mass is 368 g/mol. The lowest BCUT2D eigenvalue weighted by Gasteiger charge is -1.94. The van der Waals surface area contributed by atoms with E-state index in [1.54, 1.807) is 36.5 Å². The zero-order valence-corrected chi connectivity index (χ0v) is 18.2. The Kier molecular flexibility index (Phi) is 158. The molecule has 0 aliphatic carbocycles. The number of ether oxygens (including phenoxy) is 1. The molecule has 0 radical (unpaired) electrons. The second kappa shape index (κ2) is 93.8. The highest BCUT2D eigenvalue weighted by Gasteiger charge is 1.90. The van der Waals surface area contributed by atoms with Gasteiger partial charge in [-0.25, -0.2) is 4.79 Å². The van der Waals surface area contributed by atoms with E-state index in [0.717, 1.165) is 6.08 Å². The average molecular weight is 369 g/mol. The molecule has 1 N–H and O–H groups in total. The highest BCUT2D eigenvalue weighted by Crippen LogP contribution is 1.75. The number of carbonyl (C=O) groups excluding carboxylic acids is 1. The van der Waals surface area contributed by atoms with Gasteiger partial charge in [0.25, 0.3) is 0 Å². The Hall–Kier alpha value is -2.39. The van der Waals surface area contributed by atoms with Crippen molar-refractivity contribution < 1.29 is 14.6 Å². The van der Waals surface area contributed by atoms with Crippen molar-refractivity contribution in [2.45, 2.75) is 41.5 Å². The highest BCUT2D eigenvalue weighted by molar-refractivity contribution is 5.81. The van der Waals surface area contributed by atoms with Gasteiger partial charge in [0.15, 0.2) is 0 Å². The number of hydrogen-bond donors (Lipinski definition) is 1. The lowest BCUT2D eigenvalue weighted by Crippen LogP contribution is -2.04. The molecular formula is C23H44O3. The molecule has 0 bridgehead atoms. The SMILES string of the molecule is C=CC.C=CC.C=CC.C=CC.C=CC.C=CC.C=CC(=O)OCCO. The van der Waals surface area contributed by atoms with E-state index in [4.69, 9.17) is 5.11 Å². The van der Waals surface area contributed by atoms with Gasteiger partial charge in [-0.3, -0.25) is 0 Å². The van der Waals surface area contributed by atoms with Crippen LogP contribution in [0.15, 0.2) is 88.6 Å². The fraction of sp³-hybridized carbons (Fsp3) is 0.348. The molecule has 0 amide bonds. The van der Waals surface area contributed by atoms with Gasteiger partial charge in [0, 0.05) is 6.08 Å². The van der Waals surface area contributed by atoms with Crippen molar-refractivity contribution in [1.29, 1.82) is 0 Å². The summed E-state index contributed by atoms with van der Waals surface area (Å²) in [5.41, 5.74) is 0. The fourth-order valence-corrected chi connectivity index (χ4v) is 0.205. The lowest BCUT2D eigenvalue weighted by atomic mass is 10.6. The van der Waals surface area contributed by atoms with Crippen LogP contribution in [-0.4, -0.2) is 24.3 Å². The van der Waals surface area contributed by atoms with E-state index in [-0.39, 0.29) is 13.2 Å². The van der Waals surface area contributed by atoms with Crippen LogP contribution in [0.1, 0.15) is 41.5 Å². The zero-order valence-electron chi connectivity index (χ0n) is 18.2. The molecular weight excluding hydrogens is 324 g/mol. The minimum atomic E-state index is -0.501. The van der Waals surface area contributed by atoms with Crippen LogP contribution >= 0.6 is 0 Å². The van der Waals surface area contributed by atoms with Crippen molar-refractivity contribution in [2.75, 3.05) is 13.2 Å². The van der Waals surface area contributed by atoms with E-state index in [9.17, 15) is 4.79 Å². The molecule has 0 rings (SSSR count). The van der Waals surface area contributed by atoms with Crippen molar-refractivity contribution in [1.82, 2.24) is 0 Å². The first-order chi connectivity index (χ1) is 12.3. The molecule has 0 aliphatic rings. The van der Waals surface area contributed by atoms with Gasteiger partial charge in [-0.2, -0.15) is 0 Å². The maximum Gasteiger partial charge on any atom is 0.330 e. The van der Waals surface area contributed by atoms with E-state index >= 15 is 0 Å². The summed E-state index contributed by atoms with van der Waals surface area (Å²) < 4.78 is 4.33. The minimum absolute atomic E-state index is 0.0465. The molecule has 154 valence electrons. The van der Waals surface area contributed by atoms with Crippen LogP contribution in [0, 0.1) is 0 Å². The zero-order chi connectivity index (χ0) is 22.6. The number of aliphatic hydroxyl groups excluding tert-OH is 1. The Labute approximate surface area is 164 Å². The van der Waals surface area contributed by atoms with Crippen LogP contribution < -0.4 is 0 Å². The molecule has 0 saturated carbocycles. The van der Waals surface area contributed by atoms with Gasteiger partial charge in [-0.1, -0.05) is 43.0 Å². The predicted molar refractivity (Wildman–Crippen MR) is 123 cm³/mol. The van der Waals surface area contributed by atoms with Crippen molar-refractivity contribution in [3.63, 3.8) is 0 Å². The van der Waals surface area contributed by atoms with Gasteiger partial charge < -0.3 is 9.84 Å². The van der Waals surface area contributed by atoms with Gasteiger partial charge in [0.1, 0.15) is 6.61 Å². The first-order valence-corrected chi connectivity index (χ1v) is 8.12. The number of esters is 1. The molecule has 0 aromatic heterocycles.